The highest BCUT2D eigenvalue weighted by Crippen LogP contribution is 2.17. The summed E-state index contributed by atoms with van der Waals surface area (Å²) < 4.78 is 0. The molecule has 98 valence electrons. The zero-order valence-corrected chi connectivity index (χ0v) is 11.8. The first kappa shape index (κ1) is 14.4. The number of piperidine rings is 1. The molecule has 1 heterocycles. The molecule has 0 aromatic rings. The van der Waals surface area contributed by atoms with Crippen molar-refractivity contribution in [2.24, 2.45) is 11.7 Å². The van der Waals surface area contributed by atoms with E-state index >= 15 is 0 Å². The Hall–Kier alpha value is -0.680. The molecule has 0 saturated carbocycles. The van der Waals surface area contributed by atoms with Crippen molar-refractivity contribution in [1.82, 2.24) is 9.80 Å². The van der Waals surface area contributed by atoms with Crippen LogP contribution in [0, 0.1) is 5.92 Å². The van der Waals surface area contributed by atoms with Crippen molar-refractivity contribution < 1.29 is 4.79 Å². The van der Waals surface area contributed by atoms with Crippen molar-refractivity contribution in [2.45, 2.75) is 32.7 Å². The molecule has 1 amide bonds. The van der Waals surface area contributed by atoms with Crippen molar-refractivity contribution in [3.05, 3.63) is 0 Å². The van der Waals surface area contributed by atoms with Gasteiger partial charge in [0.05, 0.1) is 11.5 Å². The monoisotopic (exact) mass is 257 g/mol. The number of amides is 1. The number of carbonyl (C=O) groups is 1. The Morgan fingerprint density at radius 1 is 1.47 bits per heavy atom. The van der Waals surface area contributed by atoms with Crippen LogP contribution in [0.3, 0.4) is 0 Å². The molecule has 0 aromatic heterocycles. The number of nitrogens with zero attached hydrogens (tertiary/aromatic N) is 2. The zero-order chi connectivity index (χ0) is 13.0. The number of nitrogens with two attached hydrogens (primary N) is 1. The molecule has 0 bridgehead atoms. The third-order valence-corrected chi connectivity index (χ3v) is 3.85. The molecule has 0 spiro atoms. The fraction of sp³-hybridized carbons (Fsp3) is 0.833. The lowest BCUT2D eigenvalue weighted by Gasteiger charge is -2.32. The zero-order valence-electron chi connectivity index (χ0n) is 11.0. The molecule has 5 heteroatoms. The van der Waals surface area contributed by atoms with Crippen LogP contribution in [0.2, 0.25) is 0 Å². The van der Waals surface area contributed by atoms with E-state index in [4.69, 9.17) is 18.0 Å². The first-order valence-electron chi connectivity index (χ1n) is 6.19. The lowest BCUT2D eigenvalue weighted by atomic mass is 9.97. The lowest BCUT2D eigenvalue weighted by molar-refractivity contribution is -0.132. The van der Waals surface area contributed by atoms with E-state index in [0.29, 0.717) is 17.5 Å². The summed E-state index contributed by atoms with van der Waals surface area (Å²) in [5.41, 5.74) is 5.64. The van der Waals surface area contributed by atoms with Gasteiger partial charge in [-0.2, -0.15) is 0 Å². The third kappa shape index (κ3) is 4.24. The normalized spacial score (nSPS) is 18.4. The number of likely N-dealkylation sites (N-methyl/N-ethyl adjacent to an activating group) is 1. The van der Waals surface area contributed by atoms with E-state index in [2.05, 4.69) is 4.90 Å². The molecule has 0 unspecified atom stereocenters. The minimum absolute atomic E-state index is 0.189. The van der Waals surface area contributed by atoms with Crippen LogP contribution in [0.4, 0.5) is 0 Å². The average molecular weight is 257 g/mol. The molecular formula is C12H23N3OS. The molecule has 2 N–H and O–H groups in total. The molecule has 17 heavy (non-hydrogen) atoms. The van der Waals surface area contributed by atoms with Crippen LogP contribution in [-0.4, -0.2) is 53.4 Å². The van der Waals surface area contributed by atoms with Crippen LogP contribution in [0.1, 0.15) is 26.7 Å². The number of likely N-dealkylation sites (tertiary alicyclic amines) is 1. The smallest absolute Gasteiger partial charge is 0.236 e. The second-order valence-electron chi connectivity index (χ2n) is 5.05. The Balaban J connectivity index is 2.35. The molecule has 0 aliphatic carbocycles. The fourth-order valence-electron chi connectivity index (χ4n) is 1.97. The first-order chi connectivity index (χ1) is 7.91. The van der Waals surface area contributed by atoms with Gasteiger partial charge in [0.1, 0.15) is 0 Å². The highest BCUT2D eigenvalue weighted by Gasteiger charge is 2.23. The number of hydrogen-bond acceptors (Lipinski definition) is 3. The van der Waals surface area contributed by atoms with Crippen LogP contribution < -0.4 is 5.73 Å². The summed E-state index contributed by atoms with van der Waals surface area (Å²) in [5.74, 6) is 0.549. The molecular weight excluding hydrogens is 234 g/mol. The van der Waals surface area contributed by atoms with Gasteiger partial charge in [0.15, 0.2) is 0 Å². The van der Waals surface area contributed by atoms with Crippen LogP contribution in [0.15, 0.2) is 0 Å². The quantitative estimate of drug-likeness (QED) is 0.759. The Morgan fingerprint density at radius 2 is 2.00 bits per heavy atom. The van der Waals surface area contributed by atoms with Crippen LogP contribution >= 0.6 is 12.2 Å². The van der Waals surface area contributed by atoms with E-state index < -0.39 is 0 Å². The van der Waals surface area contributed by atoms with Crippen LogP contribution in [-0.2, 0) is 4.79 Å². The van der Waals surface area contributed by atoms with Crippen molar-refractivity contribution >= 4 is 23.1 Å². The Morgan fingerprint density at radius 3 is 2.41 bits per heavy atom. The standard InChI is InChI=1S/C12H23N3OS/c1-9(2)14(3)11(16)8-15-6-4-10(5-7-15)12(13)17/h9-10H,4-8H2,1-3H3,(H2,13,17). The maximum Gasteiger partial charge on any atom is 0.236 e. The molecule has 0 aromatic carbocycles. The van der Waals surface area contributed by atoms with Crippen molar-refractivity contribution in [3.63, 3.8) is 0 Å². The second-order valence-corrected chi connectivity index (χ2v) is 5.52. The summed E-state index contributed by atoms with van der Waals surface area (Å²) in [6, 6.07) is 0.261. The van der Waals surface area contributed by atoms with Gasteiger partial charge in [-0.25, -0.2) is 0 Å². The Kier molecular flexibility index (Phi) is 5.33. The SMILES string of the molecule is CC(C)N(C)C(=O)CN1CCC(C(N)=S)CC1. The van der Waals surface area contributed by atoms with Gasteiger partial charge in [-0.15, -0.1) is 0 Å². The van der Waals surface area contributed by atoms with Gasteiger partial charge in [0.2, 0.25) is 5.91 Å². The Labute approximate surface area is 109 Å². The van der Waals surface area contributed by atoms with E-state index in [1.807, 2.05) is 20.9 Å². The highest BCUT2D eigenvalue weighted by atomic mass is 32.1. The van der Waals surface area contributed by atoms with Gasteiger partial charge >= 0.3 is 0 Å². The predicted octanol–water partition coefficient (Wildman–Crippen LogP) is 0.851. The van der Waals surface area contributed by atoms with Gasteiger partial charge < -0.3 is 10.6 Å². The van der Waals surface area contributed by atoms with E-state index in [-0.39, 0.29) is 11.9 Å². The predicted molar refractivity (Wildman–Crippen MR) is 73.9 cm³/mol. The highest BCUT2D eigenvalue weighted by molar-refractivity contribution is 7.80. The van der Waals surface area contributed by atoms with Gasteiger partial charge in [-0.3, -0.25) is 9.69 Å². The largest absolute Gasteiger partial charge is 0.393 e. The average Bonchev–Trinajstić information content (AvgIpc) is 2.28. The summed E-state index contributed by atoms with van der Waals surface area (Å²) in [5, 5.41) is 0. The minimum atomic E-state index is 0.189. The maximum atomic E-state index is 11.9. The van der Waals surface area contributed by atoms with Crippen molar-refractivity contribution in [2.75, 3.05) is 26.7 Å². The van der Waals surface area contributed by atoms with Crippen molar-refractivity contribution in [3.8, 4) is 0 Å². The van der Waals surface area contributed by atoms with Gasteiger partial charge in [0, 0.05) is 19.0 Å². The molecule has 0 radical (unpaired) electrons. The second kappa shape index (κ2) is 6.31. The lowest BCUT2D eigenvalue weighted by Crippen LogP contribution is -2.45. The number of hydrogen-bond donors (Lipinski definition) is 1. The third-order valence-electron chi connectivity index (χ3n) is 3.52. The molecule has 4 nitrogen and oxygen atoms in total. The molecule has 1 saturated heterocycles. The number of thiocarbonyl (C=S) groups is 1. The summed E-state index contributed by atoms with van der Waals surface area (Å²) in [6.07, 6.45) is 1.96. The summed E-state index contributed by atoms with van der Waals surface area (Å²) >= 11 is 5.00. The van der Waals surface area contributed by atoms with Crippen LogP contribution in [0.5, 0.6) is 0 Å². The molecule has 0 atom stereocenters. The van der Waals surface area contributed by atoms with Crippen molar-refractivity contribution in [1.29, 1.82) is 0 Å². The molecule has 1 aliphatic heterocycles. The molecule has 1 aliphatic rings. The minimum Gasteiger partial charge on any atom is -0.393 e. The maximum absolute atomic E-state index is 11.9. The van der Waals surface area contributed by atoms with E-state index in [1.165, 1.54) is 0 Å². The van der Waals surface area contributed by atoms with Gasteiger partial charge in [0.25, 0.3) is 0 Å². The topological polar surface area (TPSA) is 49.6 Å². The summed E-state index contributed by atoms with van der Waals surface area (Å²) in [4.78, 5) is 16.5. The van der Waals surface area contributed by atoms with E-state index in [9.17, 15) is 4.79 Å². The van der Waals surface area contributed by atoms with Gasteiger partial charge in [-0.1, -0.05) is 12.2 Å². The number of rotatable bonds is 4. The summed E-state index contributed by atoms with van der Waals surface area (Å²) in [6.45, 7) is 6.39. The van der Waals surface area contributed by atoms with Crippen LogP contribution in [0.25, 0.3) is 0 Å². The van der Waals surface area contributed by atoms with E-state index in [1.54, 1.807) is 4.90 Å². The molecule has 1 rings (SSSR count). The molecule has 1 fully saturated rings. The fourth-order valence-corrected chi connectivity index (χ4v) is 2.20. The van der Waals surface area contributed by atoms with E-state index in [0.717, 1.165) is 25.9 Å². The number of carbonyl (C=O) groups excluding carboxylic acids is 1. The Bertz CT molecular complexity index is 285. The van der Waals surface area contributed by atoms with Gasteiger partial charge in [-0.05, 0) is 39.8 Å². The summed E-state index contributed by atoms with van der Waals surface area (Å²) in [7, 11) is 1.86. The first-order valence-corrected chi connectivity index (χ1v) is 6.60.